The SMILES string of the molecule is Cc1cc(Cl)cc(-c2ncnc3cc(CN4C(=O)CCN(C)C4=O)sc23)c1C[C@@H]1CNCC(C)(C)O1. The number of urea groups is 1. The molecule has 2 aromatic heterocycles. The summed E-state index contributed by atoms with van der Waals surface area (Å²) < 4.78 is 7.27. The van der Waals surface area contributed by atoms with Crippen molar-refractivity contribution in [1.82, 2.24) is 25.1 Å². The number of morpholine rings is 1. The molecule has 8 nitrogen and oxygen atoms in total. The fourth-order valence-corrected chi connectivity index (χ4v) is 6.33. The van der Waals surface area contributed by atoms with Gasteiger partial charge in [0.1, 0.15) is 6.33 Å². The van der Waals surface area contributed by atoms with Gasteiger partial charge in [0.25, 0.3) is 0 Å². The lowest BCUT2D eigenvalue weighted by molar-refractivity contribution is -0.131. The standard InChI is InChI=1S/C26H30ClN5O3S/c1-15-7-16(27)8-20(19(15)9-17-11-28-13-26(2,3)35-17)23-24-21(29-14-30-23)10-18(36-24)12-32-22(33)5-6-31(4)25(32)34/h7-8,10,14,17,28H,5-6,9,11-13H2,1-4H3/t17-/m1/s1. The lowest BCUT2D eigenvalue weighted by Gasteiger charge is -2.37. The number of imide groups is 1. The Hall–Kier alpha value is -2.59. The lowest BCUT2D eigenvalue weighted by atomic mass is 9.93. The molecule has 2 fully saturated rings. The quantitative estimate of drug-likeness (QED) is 0.528. The van der Waals surface area contributed by atoms with Crippen LogP contribution in [0.4, 0.5) is 4.79 Å². The van der Waals surface area contributed by atoms with E-state index >= 15 is 0 Å². The van der Waals surface area contributed by atoms with Crippen LogP contribution in [-0.2, 0) is 22.5 Å². The maximum atomic E-state index is 12.6. The van der Waals surface area contributed by atoms with Crippen LogP contribution in [0, 0.1) is 6.92 Å². The number of amides is 3. The smallest absolute Gasteiger partial charge is 0.326 e. The fourth-order valence-electron chi connectivity index (χ4n) is 4.96. The summed E-state index contributed by atoms with van der Waals surface area (Å²) in [5.74, 6) is -0.154. The van der Waals surface area contributed by atoms with Crippen molar-refractivity contribution < 1.29 is 14.3 Å². The second-order valence-electron chi connectivity index (χ2n) is 10.2. The van der Waals surface area contributed by atoms with E-state index in [1.165, 1.54) is 16.2 Å². The van der Waals surface area contributed by atoms with Crippen molar-refractivity contribution in [3.8, 4) is 11.3 Å². The van der Waals surface area contributed by atoms with Gasteiger partial charge in [0.15, 0.2) is 0 Å². The molecule has 2 saturated heterocycles. The van der Waals surface area contributed by atoms with Gasteiger partial charge in [0, 0.05) is 55.0 Å². The number of hydrogen-bond acceptors (Lipinski definition) is 7. The van der Waals surface area contributed by atoms with E-state index in [4.69, 9.17) is 16.3 Å². The number of benzene rings is 1. The number of fused-ring (bicyclic) bond motifs is 1. The molecule has 10 heteroatoms. The molecule has 0 spiro atoms. The predicted octanol–water partition coefficient (Wildman–Crippen LogP) is 4.41. The molecule has 1 aromatic carbocycles. The number of nitrogens with one attached hydrogen (secondary N) is 1. The molecule has 0 saturated carbocycles. The van der Waals surface area contributed by atoms with Crippen LogP contribution in [0.1, 0.15) is 36.3 Å². The Morgan fingerprint density at radius 1 is 1.25 bits per heavy atom. The van der Waals surface area contributed by atoms with E-state index in [0.717, 1.165) is 57.0 Å². The maximum absolute atomic E-state index is 12.6. The third kappa shape index (κ3) is 4.98. The molecule has 1 N–H and O–H groups in total. The average molecular weight is 528 g/mol. The number of ether oxygens (including phenoxy) is 1. The molecule has 5 rings (SSSR count). The van der Waals surface area contributed by atoms with Gasteiger partial charge in [-0.1, -0.05) is 11.6 Å². The summed E-state index contributed by atoms with van der Waals surface area (Å²) in [6.07, 6.45) is 2.64. The highest BCUT2D eigenvalue weighted by Gasteiger charge is 2.31. The van der Waals surface area contributed by atoms with E-state index in [0.29, 0.717) is 18.0 Å². The second-order valence-corrected chi connectivity index (χ2v) is 11.7. The number of halogens is 1. The summed E-state index contributed by atoms with van der Waals surface area (Å²) in [6, 6.07) is 5.60. The molecule has 0 aliphatic carbocycles. The lowest BCUT2D eigenvalue weighted by Crippen LogP contribution is -2.51. The van der Waals surface area contributed by atoms with E-state index in [1.807, 2.05) is 18.2 Å². The molecule has 3 amide bonds. The van der Waals surface area contributed by atoms with Gasteiger partial charge in [-0.15, -0.1) is 11.3 Å². The number of rotatable bonds is 5. The van der Waals surface area contributed by atoms with Crippen molar-refractivity contribution in [2.75, 3.05) is 26.7 Å². The Kier molecular flexibility index (Phi) is 6.76. The highest BCUT2D eigenvalue weighted by atomic mass is 35.5. The number of aromatic nitrogens is 2. The van der Waals surface area contributed by atoms with Crippen LogP contribution in [-0.4, -0.2) is 70.1 Å². The van der Waals surface area contributed by atoms with Crippen LogP contribution in [0.2, 0.25) is 5.02 Å². The van der Waals surface area contributed by atoms with Crippen LogP contribution in [0.15, 0.2) is 24.5 Å². The Morgan fingerprint density at radius 2 is 2.06 bits per heavy atom. The largest absolute Gasteiger partial charge is 0.369 e. The van der Waals surface area contributed by atoms with Crippen LogP contribution in [0.3, 0.4) is 0 Å². The Bertz CT molecular complexity index is 1340. The molecule has 190 valence electrons. The molecular formula is C26H30ClN5O3S. The zero-order valence-electron chi connectivity index (χ0n) is 20.9. The maximum Gasteiger partial charge on any atom is 0.326 e. The molecule has 0 unspecified atom stereocenters. The van der Waals surface area contributed by atoms with Crippen LogP contribution in [0.25, 0.3) is 21.5 Å². The molecule has 0 bridgehead atoms. The minimum atomic E-state index is -0.271. The summed E-state index contributed by atoms with van der Waals surface area (Å²) in [4.78, 5) is 37.9. The third-order valence-electron chi connectivity index (χ3n) is 6.73. The summed E-state index contributed by atoms with van der Waals surface area (Å²) in [7, 11) is 1.71. The second kappa shape index (κ2) is 9.70. The van der Waals surface area contributed by atoms with Crippen molar-refractivity contribution >= 4 is 45.1 Å². The Balaban J connectivity index is 1.52. The number of aryl methyl sites for hydroxylation is 1. The highest BCUT2D eigenvalue weighted by molar-refractivity contribution is 7.19. The average Bonchev–Trinajstić information content (AvgIpc) is 3.23. The van der Waals surface area contributed by atoms with E-state index in [1.54, 1.807) is 18.3 Å². The van der Waals surface area contributed by atoms with E-state index in [9.17, 15) is 9.59 Å². The third-order valence-corrected chi connectivity index (χ3v) is 8.06. The van der Waals surface area contributed by atoms with Gasteiger partial charge in [0.05, 0.1) is 34.2 Å². The normalized spacial score (nSPS) is 20.4. The number of carbonyl (C=O) groups is 2. The van der Waals surface area contributed by atoms with Gasteiger partial charge in [-0.25, -0.2) is 14.8 Å². The highest BCUT2D eigenvalue weighted by Crippen LogP contribution is 2.38. The van der Waals surface area contributed by atoms with Crippen LogP contribution >= 0.6 is 22.9 Å². The van der Waals surface area contributed by atoms with Crippen LogP contribution < -0.4 is 5.32 Å². The topological polar surface area (TPSA) is 87.7 Å². The summed E-state index contributed by atoms with van der Waals surface area (Å²) in [5, 5.41) is 4.12. The monoisotopic (exact) mass is 527 g/mol. The predicted molar refractivity (Wildman–Crippen MR) is 141 cm³/mol. The molecule has 1 atom stereocenters. The number of nitrogens with zero attached hydrogens (tertiary/aromatic N) is 4. The number of hydrogen-bond donors (Lipinski definition) is 1. The van der Waals surface area contributed by atoms with Crippen molar-refractivity contribution in [2.45, 2.75) is 51.9 Å². The van der Waals surface area contributed by atoms with Gasteiger partial charge >= 0.3 is 6.03 Å². The summed E-state index contributed by atoms with van der Waals surface area (Å²) >= 11 is 8.03. The van der Waals surface area contributed by atoms with Gasteiger partial charge in [-0.3, -0.25) is 9.69 Å². The molecule has 36 heavy (non-hydrogen) atoms. The first-order chi connectivity index (χ1) is 17.1. The van der Waals surface area contributed by atoms with Gasteiger partial charge in [0.2, 0.25) is 5.91 Å². The van der Waals surface area contributed by atoms with Gasteiger partial charge in [-0.05, 0) is 50.1 Å². The van der Waals surface area contributed by atoms with E-state index in [2.05, 4.69) is 36.1 Å². The Morgan fingerprint density at radius 3 is 2.83 bits per heavy atom. The van der Waals surface area contributed by atoms with E-state index in [-0.39, 0.29) is 30.2 Å². The van der Waals surface area contributed by atoms with E-state index < -0.39 is 0 Å². The first-order valence-corrected chi connectivity index (χ1v) is 13.3. The Labute approximate surface area is 219 Å². The zero-order chi connectivity index (χ0) is 25.6. The van der Waals surface area contributed by atoms with Crippen molar-refractivity contribution in [3.05, 3.63) is 45.6 Å². The number of thiophene rings is 1. The first-order valence-electron chi connectivity index (χ1n) is 12.1. The molecule has 4 heterocycles. The fraction of sp³-hybridized carbons (Fsp3) is 0.462. The minimum Gasteiger partial charge on any atom is -0.369 e. The van der Waals surface area contributed by atoms with Crippen molar-refractivity contribution in [2.24, 2.45) is 0 Å². The minimum absolute atomic E-state index is 0.0247. The van der Waals surface area contributed by atoms with Gasteiger partial charge < -0.3 is 15.0 Å². The summed E-state index contributed by atoms with van der Waals surface area (Å²) in [6.45, 7) is 8.52. The number of carbonyl (C=O) groups excluding carboxylic acids is 2. The molecule has 3 aromatic rings. The molecule has 2 aliphatic heterocycles. The van der Waals surface area contributed by atoms with Crippen molar-refractivity contribution in [1.29, 1.82) is 0 Å². The zero-order valence-corrected chi connectivity index (χ0v) is 22.5. The molecule has 0 radical (unpaired) electrons. The summed E-state index contributed by atoms with van der Waals surface area (Å²) in [5.41, 5.74) is 4.53. The first kappa shape index (κ1) is 25.1. The van der Waals surface area contributed by atoms with Gasteiger partial charge in [-0.2, -0.15) is 0 Å². The van der Waals surface area contributed by atoms with Crippen LogP contribution in [0.5, 0.6) is 0 Å². The molecule has 2 aliphatic rings. The molecular weight excluding hydrogens is 498 g/mol. The van der Waals surface area contributed by atoms with Crippen molar-refractivity contribution in [3.63, 3.8) is 0 Å².